The molecule has 0 aromatic heterocycles. The molecule has 0 aliphatic carbocycles. The van der Waals surface area contributed by atoms with Crippen LogP contribution in [0.4, 0.5) is 14.5 Å². The maximum absolute atomic E-state index is 13.4. The molecule has 0 saturated carbocycles. The number of hydrogen-bond acceptors (Lipinski definition) is 2. The van der Waals surface area contributed by atoms with Crippen molar-refractivity contribution < 1.29 is 18.3 Å². The van der Waals surface area contributed by atoms with Gasteiger partial charge in [-0.2, -0.15) is 0 Å². The Labute approximate surface area is 125 Å². The zero-order valence-corrected chi connectivity index (χ0v) is 11.8. The molecule has 0 aliphatic heterocycles. The summed E-state index contributed by atoms with van der Waals surface area (Å²) in [4.78, 5) is 11.9. The molecule has 0 aliphatic rings. The number of hydrogen-bond donors (Lipinski definition) is 1. The lowest BCUT2D eigenvalue weighted by atomic mass is 10.2. The van der Waals surface area contributed by atoms with Crippen LogP contribution in [0.2, 0.25) is 5.02 Å². The van der Waals surface area contributed by atoms with Gasteiger partial charge in [0.05, 0.1) is 5.69 Å². The van der Waals surface area contributed by atoms with Crippen molar-refractivity contribution in [3.05, 3.63) is 59.1 Å². The van der Waals surface area contributed by atoms with Crippen LogP contribution in [-0.4, -0.2) is 12.0 Å². The smallest absolute Gasteiger partial charge is 0.265 e. The number of nitrogens with one attached hydrogen (secondary N) is 1. The summed E-state index contributed by atoms with van der Waals surface area (Å²) in [5, 5.41) is 2.81. The normalized spacial score (nSPS) is 11.8. The van der Waals surface area contributed by atoms with E-state index in [0.717, 1.165) is 12.1 Å². The van der Waals surface area contributed by atoms with Gasteiger partial charge in [0.25, 0.3) is 5.91 Å². The minimum absolute atomic E-state index is 0.108. The fraction of sp³-hybridized carbons (Fsp3) is 0.133. The van der Waals surface area contributed by atoms with Crippen LogP contribution in [0.3, 0.4) is 0 Å². The summed E-state index contributed by atoms with van der Waals surface area (Å²) >= 11 is 5.81. The van der Waals surface area contributed by atoms with Crippen molar-refractivity contribution in [1.29, 1.82) is 0 Å². The summed E-state index contributed by atoms with van der Waals surface area (Å²) in [7, 11) is 0. The van der Waals surface area contributed by atoms with Crippen molar-refractivity contribution in [2.45, 2.75) is 13.0 Å². The van der Waals surface area contributed by atoms with Gasteiger partial charge in [0.1, 0.15) is 17.4 Å². The second-order valence-corrected chi connectivity index (χ2v) is 4.77. The quantitative estimate of drug-likeness (QED) is 0.926. The molecule has 2 rings (SSSR count). The highest BCUT2D eigenvalue weighted by Crippen LogP contribution is 2.19. The second-order valence-electron chi connectivity index (χ2n) is 4.33. The molecule has 1 unspecified atom stereocenters. The summed E-state index contributed by atoms with van der Waals surface area (Å²) < 4.78 is 31.6. The first-order chi connectivity index (χ1) is 9.95. The van der Waals surface area contributed by atoms with Gasteiger partial charge < -0.3 is 10.1 Å². The summed E-state index contributed by atoms with van der Waals surface area (Å²) in [6.07, 6.45) is -0.868. The van der Waals surface area contributed by atoms with Crippen molar-refractivity contribution in [3.8, 4) is 5.75 Å². The van der Waals surface area contributed by atoms with E-state index in [2.05, 4.69) is 5.32 Å². The van der Waals surface area contributed by atoms with Crippen molar-refractivity contribution in [2.24, 2.45) is 0 Å². The van der Waals surface area contributed by atoms with Gasteiger partial charge in [0, 0.05) is 11.1 Å². The average molecular weight is 312 g/mol. The van der Waals surface area contributed by atoms with Crippen molar-refractivity contribution >= 4 is 23.2 Å². The maximum atomic E-state index is 13.4. The first kappa shape index (κ1) is 15.3. The number of rotatable bonds is 4. The summed E-state index contributed by atoms with van der Waals surface area (Å²) in [6, 6.07) is 9.46. The third-order valence-electron chi connectivity index (χ3n) is 2.67. The van der Waals surface area contributed by atoms with Gasteiger partial charge in [-0.05, 0) is 37.3 Å². The standard InChI is InChI=1S/C15H12ClF2NO2/c1-9(21-12-4-2-3-10(16)7-12)15(20)19-14-6-5-11(17)8-13(14)18/h2-9H,1H3,(H,19,20). The number of anilines is 1. The Bertz CT molecular complexity index is 664. The topological polar surface area (TPSA) is 38.3 Å². The second kappa shape index (κ2) is 6.54. The van der Waals surface area contributed by atoms with Gasteiger partial charge in [-0.3, -0.25) is 4.79 Å². The number of ether oxygens (including phenoxy) is 1. The molecule has 1 N–H and O–H groups in total. The van der Waals surface area contributed by atoms with Gasteiger partial charge >= 0.3 is 0 Å². The van der Waals surface area contributed by atoms with Crippen molar-refractivity contribution in [2.75, 3.05) is 5.32 Å². The van der Waals surface area contributed by atoms with Crippen LogP contribution >= 0.6 is 11.6 Å². The molecule has 1 atom stereocenters. The lowest BCUT2D eigenvalue weighted by Gasteiger charge is -2.15. The maximum Gasteiger partial charge on any atom is 0.265 e. The summed E-state index contributed by atoms with van der Waals surface area (Å²) in [5.41, 5.74) is -0.108. The first-order valence-electron chi connectivity index (χ1n) is 6.14. The van der Waals surface area contributed by atoms with Gasteiger partial charge in [-0.25, -0.2) is 8.78 Å². The fourth-order valence-electron chi connectivity index (χ4n) is 1.62. The highest BCUT2D eigenvalue weighted by molar-refractivity contribution is 6.30. The molecule has 0 spiro atoms. The van der Waals surface area contributed by atoms with E-state index in [1.807, 2.05) is 0 Å². The van der Waals surface area contributed by atoms with Crippen LogP contribution in [0.5, 0.6) is 5.75 Å². The minimum Gasteiger partial charge on any atom is -0.481 e. The lowest BCUT2D eigenvalue weighted by Crippen LogP contribution is -2.30. The van der Waals surface area contributed by atoms with Crippen LogP contribution in [-0.2, 0) is 4.79 Å². The molecule has 0 bridgehead atoms. The van der Waals surface area contributed by atoms with Gasteiger partial charge in [-0.15, -0.1) is 0 Å². The minimum atomic E-state index is -0.868. The van der Waals surface area contributed by atoms with E-state index in [1.54, 1.807) is 24.3 Å². The number of halogens is 3. The number of carbonyl (C=O) groups excluding carboxylic acids is 1. The van der Waals surface area contributed by atoms with Gasteiger partial charge in [-0.1, -0.05) is 17.7 Å². The molecule has 0 saturated heterocycles. The van der Waals surface area contributed by atoms with Gasteiger partial charge in [0.15, 0.2) is 6.10 Å². The molecule has 2 aromatic rings. The van der Waals surface area contributed by atoms with Crippen molar-refractivity contribution in [1.82, 2.24) is 0 Å². The van der Waals surface area contributed by atoms with Crippen LogP contribution in [0, 0.1) is 11.6 Å². The fourth-order valence-corrected chi connectivity index (χ4v) is 1.80. The molecule has 6 heteroatoms. The van der Waals surface area contributed by atoms with Crippen molar-refractivity contribution in [3.63, 3.8) is 0 Å². The predicted molar refractivity (Wildman–Crippen MR) is 76.5 cm³/mol. The Morgan fingerprint density at radius 2 is 2.00 bits per heavy atom. The van der Waals surface area contributed by atoms with E-state index in [-0.39, 0.29) is 5.69 Å². The lowest BCUT2D eigenvalue weighted by molar-refractivity contribution is -0.122. The number of benzene rings is 2. The molecule has 2 aromatic carbocycles. The van der Waals surface area contributed by atoms with E-state index in [4.69, 9.17) is 16.3 Å². The van der Waals surface area contributed by atoms with E-state index < -0.39 is 23.6 Å². The van der Waals surface area contributed by atoms with Crippen LogP contribution in [0.1, 0.15) is 6.92 Å². The molecule has 0 fully saturated rings. The average Bonchev–Trinajstić information content (AvgIpc) is 2.41. The molecule has 0 radical (unpaired) electrons. The summed E-state index contributed by atoms with van der Waals surface area (Å²) in [6.45, 7) is 1.51. The zero-order chi connectivity index (χ0) is 15.4. The highest BCUT2D eigenvalue weighted by Gasteiger charge is 2.16. The third-order valence-corrected chi connectivity index (χ3v) is 2.90. The molecule has 3 nitrogen and oxygen atoms in total. The van der Waals surface area contributed by atoms with E-state index in [1.165, 1.54) is 6.92 Å². The van der Waals surface area contributed by atoms with Crippen LogP contribution in [0.15, 0.2) is 42.5 Å². The number of amides is 1. The molecule has 0 heterocycles. The molecule has 1 amide bonds. The Morgan fingerprint density at radius 1 is 1.24 bits per heavy atom. The zero-order valence-electron chi connectivity index (χ0n) is 11.1. The van der Waals surface area contributed by atoms with E-state index in [9.17, 15) is 13.6 Å². The highest BCUT2D eigenvalue weighted by atomic mass is 35.5. The molecular weight excluding hydrogens is 300 g/mol. The van der Waals surface area contributed by atoms with Gasteiger partial charge in [0.2, 0.25) is 0 Å². The Balaban J connectivity index is 2.02. The van der Waals surface area contributed by atoms with E-state index >= 15 is 0 Å². The van der Waals surface area contributed by atoms with Crippen LogP contribution < -0.4 is 10.1 Å². The summed E-state index contributed by atoms with van der Waals surface area (Å²) in [5.74, 6) is -1.70. The Morgan fingerprint density at radius 3 is 2.67 bits per heavy atom. The SMILES string of the molecule is CC(Oc1cccc(Cl)c1)C(=O)Nc1ccc(F)cc1F. The first-order valence-corrected chi connectivity index (χ1v) is 6.51. The molecule has 21 heavy (non-hydrogen) atoms. The largest absolute Gasteiger partial charge is 0.481 e. The monoisotopic (exact) mass is 311 g/mol. The molecule has 110 valence electrons. The van der Waals surface area contributed by atoms with E-state index in [0.29, 0.717) is 16.8 Å². The predicted octanol–water partition coefficient (Wildman–Crippen LogP) is 4.02. The third kappa shape index (κ3) is 4.16. The Hall–Kier alpha value is -2.14. The molecular formula is C15H12ClF2NO2. The van der Waals surface area contributed by atoms with Crippen LogP contribution in [0.25, 0.3) is 0 Å². The Kier molecular flexibility index (Phi) is 4.75. The number of carbonyl (C=O) groups is 1.